The Balaban J connectivity index is 1.84. The zero-order chi connectivity index (χ0) is 20.0. The van der Waals surface area contributed by atoms with Gasteiger partial charge in [-0.15, -0.1) is 11.3 Å². The van der Waals surface area contributed by atoms with Crippen molar-refractivity contribution in [1.82, 2.24) is 9.97 Å². The number of amides is 1. The van der Waals surface area contributed by atoms with Crippen LogP contribution in [0.2, 0.25) is 0 Å². The monoisotopic (exact) mass is 423 g/mol. The summed E-state index contributed by atoms with van der Waals surface area (Å²) in [6, 6.07) is 1.67. The Hall–Kier alpha value is -2.18. The van der Waals surface area contributed by atoms with Crippen molar-refractivity contribution < 1.29 is 31.9 Å². The second kappa shape index (κ2) is 6.77. The van der Waals surface area contributed by atoms with Crippen LogP contribution in [0.4, 0.5) is 27.1 Å². The third-order valence-electron chi connectivity index (χ3n) is 3.54. The van der Waals surface area contributed by atoms with Crippen LogP contribution in [0.15, 0.2) is 17.5 Å². The molecule has 0 aliphatic heterocycles. The van der Waals surface area contributed by atoms with Gasteiger partial charge in [0.1, 0.15) is 5.01 Å². The highest BCUT2D eigenvalue weighted by molar-refractivity contribution is 7.22. The van der Waals surface area contributed by atoms with Crippen LogP contribution in [-0.2, 0) is 10.4 Å². The number of hydrogen-bond acceptors (Lipinski definition) is 6. The number of benzene rings is 1. The molecule has 2 heterocycles. The Morgan fingerprint density at radius 3 is 2.48 bits per heavy atom. The molecule has 1 atom stereocenters. The molecule has 144 valence electrons. The van der Waals surface area contributed by atoms with E-state index >= 15 is 0 Å². The van der Waals surface area contributed by atoms with Crippen molar-refractivity contribution in [2.24, 2.45) is 0 Å². The van der Waals surface area contributed by atoms with Gasteiger partial charge in [0.15, 0.2) is 16.8 Å². The van der Waals surface area contributed by atoms with Gasteiger partial charge >= 0.3 is 6.18 Å². The third kappa shape index (κ3) is 3.77. The van der Waals surface area contributed by atoms with Crippen LogP contribution in [0, 0.1) is 18.6 Å². The number of fused-ring (bicyclic) bond motifs is 1. The Kier molecular flexibility index (Phi) is 4.91. The zero-order valence-corrected chi connectivity index (χ0v) is 15.0. The molecule has 3 rings (SSSR count). The molecule has 3 aromatic rings. The van der Waals surface area contributed by atoms with E-state index in [4.69, 9.17) is 0 Å². The maximum atomic E-state index is 13.4. The first-order valence-corrected chi connectivity index (χ1v) is 8.96. The van der Waals surface area contributed by atoms with Gasteiger partial charge in [-0.25, -0.2) is 18.7 Å². The molecule has 0 saturated heterocycles. The molecule has 1 amide bonds. The molecule has 5 nitrogen and oxygen atoms in total. The maximum Gasteiger partial charge on any atom is 0.424 e. The van der Waals surface area contributed by atoms with Gasteiger partial charge in [0.05, 0.1) is 16.6 Å². The standard InChI is InChI=1S/C15H10F5N3O2S2/c1-6-5-26-12(21-6)14(25,15(18,19)20)4-11(24)23-13-22-9-2-7(16)8(17)3-10(9)27-13/h2-3,5,25H,4H2,1H3,(H,22,23,24)/t14-/m1/s1. The molecule has 2 N–H and O–H groups in total. The number of alkyl halides is 3. The number of anilines is 1. The van der Waals surface area contributed by atoms with Gasteiger partial charge in [0.25, 0.3) is 0 Å². The minimum absolute atomic E-state index is 0.0378. The quantitative estimate of drug-likeness (QED) is 0.619. The highest BCUT2D eigenvalue weighted by atomic mass is 32.1. The lowest BCUT2D eigenvalue weighted by Gasteiger charge is -2.27. The van der Waals surface area contributed by atoms with Gasteiger partial charge < -0.3 is 10.4 Å². The first-order valence-electron chi connectivity index (χ1n) is 7.27. The van der Waals surface area contributed by atoms with E-state index in [-0.39, 0.29) is 21.0 Å². The Labute approximate surface area is 156 Å². The van der Waals surface area contributed by atoms with Crippen molar-refractivity contribution in [1.29, 1.82) is 0 Å². The molecular formula is C15H10F5N3O2S2. The summed E-state index contributed by atoms with van der Waals surface area (Å²) in [4.78, 5) is 19.6. The van der Waals surface area contributed by atoms with Gasteiger partial charge in [0, 0.05) is 17.1 Å². The molecule has 0 saturated carbocycles. The van der Waals surface area contributed by atoms with Gasteiger partial charge in [-0.05, 0) is 13.0 Å². The van der Waals surface area contributed by atoms with Crippen LogP contribution in [0.3, 0.4) is 0 Å². The lowest BCUT2D eigenvalue weighted by atomic mass is 9.99. The van der Waals surface area contributed by atoms with Crippen LogP contribution >= 0.6 is 22.7 Å². The number of nitrogens with zero attached hydrogens (tertiary/aromatic N) is 2. The van der Waals surface area contributed by atoms with E-state index in [0.717, 1.165) is 23.5 Å². The lowest BCUT2D eigenvalue weighted by molar-refractivity contribution is -0.266. The number of carbonyl (C=O) groups is 1. The minimum atomic E-state index is -5.14. The molecule has 1 aromatic carbocycles. The fourth-order valence-electron chi connectivity index (χ4n) is 2.21. The van der Waals surface area contributed by atoms with E-state index in [0.29, 0.717) is 11.3 Å². The molecule has 0 fully saturated rings. The average Bonchev–Trinajstić information content (AvgIpc) is 3.12. The molecule has 0 bridgehead atoms. The summed E-state index contributed by atoms with van der Waals surface area (Å²) in [6.45, 7) is 1.45. The summed E-state index contributed by atoms with van der Waals surface area (Å²) in [5.74, 6) is -3.44. The van der Waals surface area contributed by atoms with Crippen LogP contribution in [0.1, 0.15) is 17.1 Å². The molecule has 12 heteroatoms. The molecule has 27 heavy (non-hydrogen) atoms. The van der Waals surface area contributed by atoms with Crippen LogP contribution in [0.5, 0.6) is 0 Å². The molecule has 2 aromatic heterocycles. The highest BCUT2D eigenvalue weighted by Crippen LogP contribution is 2.43. The fraction of sp³-hybridized carbons (Fsp3) is 0.267. The fourth-order valence-corrected chi connectivity index (χ4v) is 4.02. The van der Waals surface area contributed by atoms with Crippen molar-refractivity contribution in [2.45, 2.75) is 25.1 Å². The lowest BCUT2D eigenvalue weighted by Crippen LogP contribution is -2.45. The number of thiazole rings is 2. The van der Waals surface area contributed by atoms with Crippen molar-refractivity contribution >= 4 is 43.9 Å². The SMILES string of the molecule is Cc1csc([C@](O)(CC(=O)Nc2nc3cc(F)c(F)cc3s2)C(F)(F)F)n1. The van der Waals surface area contributed by atoms with Crippen molar-refractivity contribution in [3.8, 4) is 0 Å². The van der Waals surface area contributed by atoms with Gasteiger partial charge in [-0.1, -0.05) is 11.3 Å². The van der Waals surface area contributed by atoms with Gasteiger partial charge in [0.2, 0.25) is 11.5 Å². The van der Waals surface area contributed by atoms with Crippen LogP contribution in [0.25, 0.3) is 10.2 Å². The van der Waals surface area contributed by atoms with Crippen molar-refractivity contribution in [3.05, 3.63) is 39.8 Å². The van der Waals surface area contributed by atoms with E-state index in [2.05, 4.69) is 15.3 Å². The Morgan fingerprint density at radius 1 is 1.22 bits per heavy atom. The highest BCUT2D eigenvalue weighted by Gasteiger charge is 2.58. The number of nitrogens with one attached hydrogen (secondary N) is 1. The van der Waals surface area contributed by atoms with E-state index in [9.17, 15) is 31.9 Å². The Bertz CT molecular complexity index is 978. The van der Waals surface area contributed by atoms with E-state index < -0.39 is 40.7 Å². The van der Waals surface area contributed by atoms with Crippen molar-refractivity contribution in [3.63, 3.8) is 0 Å². The van der Waals surface area contributed by atoms with E-state index in [1.807, 2.05) is 0 Å². The van der Waals surface area contributed by atoms with Gasteiger partial charge in [-0.3, -0.25) is 4.79 Å². The largest absolute Gasteiger partial charge is 0.424 e. The normalized spacial score (nSPS) is 14.3. The molecular weight excluding hydrogens is 413 g/mol. The number of hydrogen-bond donors (Lipinski definition) is 2. The zero-order valence-electron chi connectivity index (χ0n) is 13.4. The smallest absolute Gasteiger partial charge is 0.374 e. The van der Waals surface area contributed by atoms with Gasteiger partial charge in [-0.2, -0.15) is 13.2 Å². The van der Waals surface area contributed by atoms with Crippen molar-refractivity contribution in [2.75, 3.05) is 5.32 Å². The molecule has 0 aliphatic carbocycles. The number of aryl methyl sites for hydroxylation is 1. The Morgan fingerprint density at radius 2 is 1.89 bits per heavy atom. The first-order chi connectivity index (χ1) is 12.5. The predicted octanol–water partition coefficient (Wildman–Crippen LogP) is 4.12. The minimum Gasteiger partial charge on any atom is -0.374 e. The maximum absolute atomic E-state index is 13.4. The summed E-state index contributed by atoms with van der Waals surface area (Å²) in [5, 5.41) is 12.8. The molecule has 0 radical (unpaired) electrons. The molecule has 0 spiro atoms. The second-order valence-corrected chi connectivity index (χ2v) is 7.52. The van der Waals surface area contributed by atoms with Crippen LogP contribution < -0.4 is 5.32 Å². The van der Waals surface area contributed by atoms with E-state index in [1.165, 1.54) is 12.3 Å². The summed E-state index contributed by atoms with van der Waals surface area (Å²) >= 11 is 1.34. The number of aromatic nitrogens is 2. The molecule has 0 aliphatic rings. The predicted molar refractivity (Wildman–Crippen MR) is 89.6 cm³/mol. The number of halogens is 5. The molecule has 0 unspecified atom stereocenters. The topological polar surface area (TPSA) is 75.1 Å². The average molecular weight is 423 g/mol. The number of carbonyl (C=O) groups excluding carboxylic acids is 1. The summed E-state index contributed by atoms with van der Waals surface area (Å²) in [6.07, 6.45) is -6.49. The number of aliphatic hydroxyl groups is 1. The second-order valence-electron chi connectivity index (χ2n) is 5.63. The first kappa shape index (κ1) is 19.6. The van der Waals surface area contributed by atoms with Crippen LogP contribution in [-0.4, -0.2) is 27.2 Å². The summed E-state index contributed by atoms with van der Waals surface area (Å²) in [7, 11) is 0. The van der Waals surface area contributed by atoms with E-state index in [1.54, 1.807) is 0 Å². The summed E-state index contributed by atoms with van der Waals surface area (Å²) in [5.41, 5.74) is -3.16. The summed E-state index contributed by atoms with van der Waals surface area (Å²) < 4.78 is 66.8. The third-order valence-corrected chi connectivity index (χ3v) is 5.58. The number of rotatable bonds is 4.